The fourth-order valence-electron chi connectivity index (χ4n) is 4.19. The predicted octanol–water partition coefficient (Wildman–Crippen LogP) is 5.60. The highest BCUT2D eigenvalue weighted by atomic mass is 35.5. The van der Waals surface area contributed by atoms with E-state index >= 15 is 0 Å². The summed E-state index contributed by atoms with van der Waals surface area (Å²) in [5, 5.41) is 28.0. The van der Waals surface area contributed by atoms with Gasteiger partial charge in [-0.2, -0.15) is 26.3 Å². The molecule has 0 radical (unpaired) electrons. The van der Waals surface area contributed by atoms with E-state index in [2.05, 4.69) is 22.3 Å². The number of phenols is 1. The Balaban J connectivity index is 0.000000303. The van der Waals surface area contributed by atoms with Gasteiger partial charge < -0.3 is 25.1 Å². The van der Waals surface area contributed by atoms with Gasteiger partial charge in [0.05, 0.1) is 21.9 Å². The highest BCUT2D eigenvalue weighted by Crippen LogP contribution is 2.44. The predicted molar refractivity (Wildman–Crippen MR) is 143 cm³/mol. The minimum atomic E-state index is -5.08. The fourth-order valence-corrected chi connectivity index (χ4v) is 4.60. The van der Waals surface area contributed by atoms with E-state index in [4.69, 9.17) is 43.0 Å². The number of nitrogens with zero attached hydrogens (tertiary/aromatic N) is 2. The van der Waals surface area contributed by atoms with Crippen LogP contribution in [0.15, 0.2) is 36.4 Å². The number of para-hydroxylation sites is 2. The summed E-state index contributed by atoms with van der Waals surface area (Å²) >= 11 is 12.3. The number of aliphatic carboxylic acids is 2. The zero-order valence-electron chi connectivity index (χ0n) is 22.0. The third kappa shape index (κ3) is 8.80. The molecule has 4 N–H and O–H groups in total. The van der Waals surface area contributed by atoms with Crippen LogP contribution in [-0.2, 0) is 20.9 Å². The summed E-state index contributed by atoms with van der Waals surface area (Å²) < 4.78 is 63.5. The molecule has 2 saturated carbocycles. The Kier molecular flexibility index (Phi) is 10.3. The number of carboxylic acids is 2. The first kappa shape index (κ1) is 34.1. The third-order valence-corrected chi connectivity index (χ3v) is 7.31. The number of phenolic OH excluding ortho intramolecular Hbond substituents is 1. The second kappa shape index (κ2) is 13.1. The van der Waals surface area contributed by atoms with Crippen LogP contribution in [0.1, 0.15) is 31.2 Å². The normalized spacial score (nSPS) is 17.0. The van der Waals surface area contributed by atoms with E-state index in [9.17, 15) is 36.2 Å². The van der Waals surface area contributed by atoms with E-state index in [0.29, 0.717) is 24.2 Å². The molecule has 3 aliphatic rings. The maximum atomic E-state index is 13.5. The van der Waals surface area contributed by atoms with Gasteiger partial charge in [-0.25, -0.2) is 9.59 Å². The summed E-state index contributed by atoms with van der Waals surface area (Å²) in [6, 6.07) is 11.9. The first-order valence-corrected chi connectivity index (χ1v) is 13.3. The van der Waals surface area contributed by atoms with E-state index in [1.54, 1.807) is 6.07 Å². The van der Waals surface area contributed by atoms with Crippen LogP contribution in [0.3, 0.4) is 0 Å². The Labute approximate surface area is 250 Å². The summed E-state index contributed by atoms with van der Waals surface area (Å²) in [6.07, 6.45) is -6.08. The van der Waals surface area contributed by atoms with Crippen molar-refractivity contribution in [1.82, 2.24) is 5.32 Å². The quantitative estimate of drug-likeness (QED) is 0.305. The van der Waals surface area contributed by atoms with Crippen molar-refractivity contribution in [3.05, 3.63) is 52.0 Å². The van der Waals surface area contributed by atoms with Gasteiger partial charge >= 0.3 is 24.3 Å². The summed E-state index contributed by atoms with van der Waals surface area (Å²) in [5.41, 5.74) is 2.39. The molecule has 1 aliphatic heterocycles. The number of aromatic hydroxyl groups is 1. The van der Waals surface area contributed by atoms with Gasteiger partial charge in [-0.1, -0.05) is 35.3 Å². The minimum Gasteiger partial charge on any atom is -0.506 e. The van der Waals surface area contributed by atoms with Crippen molar-refractivity contribution in [1.29, 1.82) is 0 Å². The summed E-state index contributed by atoms with van der Waals surface area (Å²) in [4.78, 5) is 35.7. The monoisotopic (exact) mass is 659 g/mol. The Morgan fingerprint density at radius 3 is 1.86 bits per heavy atom. The number of carboxylic acid groups (broad SMARTS) is 2. The van der Waals surface area contributed by atoms with Crippen LogP contribution in [0.2, 0.25) is 10.0 Å². The number of rotatable bonds is 5. The van der Waals surface area contributed by atoms with Gasteiger partial charge in [-0.05, 0) is 49.4 Å². The van der Waals surface area contributed by atoms with Gasteiger partial charge in [-0.3, -0.25) is 10.1 Å². The molecule has 2 aromatic carbocycles. The Hall–Kier alpha value is -3.43. The molecule has 17 heteroatoms. The Morgan fingerprint density at radius 2 is 1.40 bits per heavy atom. The number of nitrogens with one attached hydrogen (secondary N) is 1. The number of halogens is 8. The molecule has 0 aromatic heterocycles. The molecule has 43 heavy (non-hydrogen) atoms. The number of anilines is 2. The maximum Gasteiger partial charge on any atom is 0.490 e. The number of fused-ring (bicyclic) bond motifs is 1. The number of carbonyl (C=O) groups excluding carboxylic acids is 1. The lowest BCUT2D eigenvalue weighted by atomic mass is 10.1. The molecule has 236 valence electrons. The average molecular weight is 660 g/mol. The van der Waals surface area contributed by atoms with Gasteiger partial charge in [-0.15, -0.1) is 0 Å². The van der Waals surface area contributed by atoms with Crippen LogP contribution >= 0.6 is 23.2 Å². The van der Waals surface area contributed by atoms with Gasteiger partial charge in [0.25, 0.3) is 0 Å². The van der Waals surface area contributed by atoms with Crippen LogP contribution in [0.4, 0.5) is 37.7 Å². The lowest BCUT2D eigenvalue weighted by molar-refractivity contribution is -0.193. The van der Waals surface area contributed by atoms with Crippen LogP contribution in [0.25, 0.3) is 0 Å². The molecule has 2 fully saturated rings. The molecule has 0 bridgehead atoms. The Bertz CT molecular complexity index is 1340. The molecule has 0 atom stereocenters. The van der Waals surface area contributed by atoms with Crippen LogP contribution in [0.5, 0.6) is 5.75 Å². The first-order valence-electron chi connectivity index (χ1n) is 12.6. The first-order chi connectivity index (χ1) is 19.9. The van der Waals surface area contributed by atoms with Crippen molar-refractivity contribution in [3.8, 4) is 5.75 Å². The summed E-state index contributed by atoms with van der Waals surface area (Å²) in [5.74, 6) is -5.43. The highest BCUT2D eigenvalue weighted by Gasteiger charge is 2.52. The maximum absolute atomic E-state index is 13.5. The SMILES string of the molecule is O=C(N1CCN(C2CC2)c2ccccc21)C1(NCc2cc(Cl)c(O)cc2Cl)CC1.O=C(O)C(F)(F)F.O=C(O)C(F)(F)F. The topological polar surface area (TPSA) is 130 Å². The van der Waals surface area contributed by atoms with Crippen molar-refractivity contribution < 1.29 is 56.0 Å². The van der Waals surface area contributed by atoms with Crippen LogP contribution in [-0.4, -0.2) is 70.2 Å². The number of hydrogen-bond acceptors (Lipinski definition) is 6. The number of amides is 1. The van der Waals surface area contributed by atoms with Crippen molar-refractivity contribution in [2.45, 2.75) is 56.2 Å². The van der Waals surface area contributed by atoms with Crippen LogP contribution in [0, 0.1) is 0 Å². The van der Waals surface area contributed by atoms with Crippen molar-refractivity contribution >= 4 is 52.4 Å². The molecular weight excluding hydrogens is 635 g/mol. The number of alkyl halides is 6. The number of benzene rings is 2. The van der Waals surface area contributed by atoms with Crippen molar-refractivity contribution in [2.24, 2.45) is 0 Å². The van der Waals surface area contributed by atoms with E-state index < -0.39 is 29.8 Å². The van der Waals surface area contributed by atoms with E-state index in [0.717, 1.165) is 30.6 Å². The highest BCUT2D eigenvalue weighted by molar-refractivity contribution is 6.34. The standard InChI is InChI=1S/C22H23Cl2N3O2.2C2HF3O2/c23-16-12-20(28)17(24)11-14(16)13-25-22(7-8-22)21(29)27-10-9-26(15-5-6-15)18-3-1-2-4-19(18)27;2*3-2(4,5)1(6)7/h1-4,11-12,15,25,28H,5-10,13H2;2*(H,6,7). The molecule has 2 aromatic rings. The molecule has 9 nitrogen and oxygen atoms in total. The largest absolute Gasteiger partial charge is 0.506 e. The molecule has 1 heterocycles. The molecule has 0 spiro atoms. The lowest BCUT2D eigenvalue weighted by Crippen LogP contribution is -2.53. The van der Waals surface area contributed by atoms with E-state index in [1.807, 2.05) is 17.0 Å². The summed E-state index contributed by atoms with van der Waals surface area (Å²) in [6.45, 7) is 2.01. The Morgan fingerprint density at radius 1 is 0.884 bits per heavy atom. The van der Waals surface area contributed by atoms with Gasteiger partial charge in [0.1, 0.15) is 5.75 Å². The molecule has 5 rings (SSSR count). The molecule has 1 amide bonds. The third-order valence-electron chi connectivity index (χ3n) is 6.66. The minimum absolute atomic E-state index is 0.0391. The van der Waals surface area contributed by atoms with Crippen molar-refractivity contribution in [3.63, 3.8) is 0 Å². The zero-order valence-corrected chi connectivity index (χ0v) is 23.5. The lowest BCUT2D eigenvalue weighted by Gasteiger charge is -2.39. The van der Waals surface area contributed by atoms with E-state index in [-0.39, 0.29) is 16.7 Å². The van der Waals surface area contributed by atoms with Crippen molar-refractivity contribution in [2.75, 3.05) is 22.9 Å². The van der Waals surface area contributed by atoms with Crippen LogP contribution < -0.4 is 15.1 Å². The second-order valence-electron chi connectivity index (χ2n) is 9.81. The summed E-state index contributed by atoms with van der Waals surface area (Å²) in [7, 11) is 0. The molecule has 0 unspecified atom stereocenters. The van der Waals surface area contributed by atoms with Gasteiger partial charge in [0.15, 0.2) is 0 Å². The number of carbonyl (C=O) groups is 3. The molecule has 2 aliphatic carbocycles. The second-order valence-corrected chi connectivity index (χ2v) is 10.6. The number of hydrogen-bond donors (Lipinski definition) is 4. The molecule has 0 saturated heterocycles. The molecular formula is C26H25Cl2F6N3O6. The average Bonchev–Trinajstić information content (AvgIpc) is 3.84. The van der Waals surface area contributed by atoms with Gasteiger partial charge in [0.2, 0.25) is 5.91 Å². The fraction of sp³-hybridized carbons (Fsp3) is 0.423. The smallest absolute Gasteiger partial charge is 0.490 e. The zero-order chi connectivity index (χ0) is 32.3. The van der Waals surface area contributed by atoms with Gasteiger partial charge in [0, 0.05) is 36.8 Å². The van der Waals surface area contributed by atoms with E-state index in [1.165, 1.54) is 24.6 Å².